The lowest BCUT2D eigenvalue weighted by molar-refractivity contribution is -0.133. The fourth-order valence-electron chi connectivity index (χ4n) is 1.07. The number of aliphatic carboxylic acids is 1. The van der Waals surface area contributed by atoms with E-state index < -0.39 is 28.4 Å². The normalized spacial score (nSPS) is 11.8. The highest BCUT2D eigenvalue weighted by Gasteiger charge is 2.11. The van der Waals surface area contributed by atoms with Crippen molar-refractivity contribution in [2.75, 3.05) is 16.8 Å². The van der Waals surface area contributed by atoms with Gasteiger partial charge < -0.3 is 10.4 Å². The van der Waals surface area contributed by atoms with Gasteiger partial charge >= 0.3 is 5.97 Å². The minimum Gasteiger partial charge on any atom is -0.481 e. The third-order valence-electron chi connectivity index (χ3n) is 1.70. The van der Waals surface area contributed by atoms with Crippen molar-refractivity contribution in [3.05, 3.63) is 29.3 Å². The smallest absolute Gasteiger partial charge is 0.316 e. The number of hydrogen-bond acceptors (Lipinski definition) is 3. The first-order valence-corrected chi connectivity index (χ1v) is 6.46. The van der Waals surface area contributed by atoms with Gasteiger partial charge in [-0.2, -0.15) is 0 Å². The van der Waals surface area contributed by atoms with Crippen molar-refractivity contribution in [2.45, 2.75) is 0 Å². The quantitative estimate of drug-likeness (QED) is 0.843. The highest BCUT2D eigenvalue weighted by Crippen LogP contribution is 2.13. The second-order valence-electron chi connectivity index (χ2n) is 3.18. The summed E-state index contributed by atoms with van der Waals surface area (Å²) in [4.78, 5) is 21.6. The zero-order valence-electron chi connectivity index (χ0n) is 8.68. The molecular formula is C10H10ClNO4S. The number of hydrogen-bond donors (Lipinski definition) is 2. The Morgan fingerprint density at radius 3 is 2.35 bits per heavy atom. The van der Waals surface area contributed by atoms with Crippen LogP contribution < -0.4 is 5.32 Å². The monoisotopic (exact) mass is 275 g/mol. The van der Waals surface area contributed by atoms with E-state index in [0.717, 1.165) is 0 Å². The van der Waals surface area contributed by atoms with Crippen LogP contribution in [0.1, 0.15) is 0 Å². The number of carboxylic acids is 1. The molecule has 0 aromatic heterocycles. The van der Waals surface area contributed by atoms with E-state index in [1.54, 1.807) is 24.3 Å². The summed E-state index contributed by atoms with van der Waals surface area (Å²) >= 11 is 5.66. The Morgan fingerprint density at radius 1 is 1.24 bits per heavy atom. The van der Waals surface area contributed by atoms with Crippen LogP contribution in [0.4, 0.5) is 5.69 Å². The van der Waals surface area contributed by atoms with E-state index in [2.05, 4.69) is 5.32 Å². The molecule has 7 heteroatoms. The van der Waals surface area contributed by atoms with Gasteiger partial charge in [0, 0.05) is 21.5 Å². The maximum Gasteiger partial charge on any atom is 0.316 e. The number of nitrogens with one attached hydrogen (secondary N) is 1. The molecule has 17 heavy (non-hydrogen) atoms. The van der Waals surface area contributed by atoms with Crippen LogP contribution in [0.5, 0.6) is 0 Å². The Balaban J connectivity index is 2.47. The standard InChI is InChI=1S/C10H10ClNO4S/c11-7-1-3-8(4-2-7)12-9(13)5-17(16)6-10(14)15/h1-4H,5-6H2,(H,12,13)(H,14,15)/t17-/m0/s1. The van der Waals surface area contributed by atoms with Gasteiger partial charge in [-0.15, -0.1) is 0 Å². The van der Waals surface area contributed by atoms with Crippen LogP contribution in [-0.2, 0) is 20.4 Å². The predicted octanol–water partition coefficient (Wildman–Crippen LogP) is 1.11. The van der Waals surface area contributed by atoms with E-state index >= 15 is 0 Å². The Labute approximate surface area is 105 Å². The average molecular weight is 276 g/mol. The number of amides is 1. The van der Waals surface area contributed by atoms with E-state index in [4.69, 9.17) is 16.7 Å². The Morgan fingerprint density at radius 2 is 1.82 bits per heavy atom. The number of carboxylic acid groups (broad SMARTS) is 1. The number of benzene rings is 1. The maximum atomic E-state index is 11.4. The van der Waals surface area contributed by atoms with Gasteiger partial charge in [-0.1, -0.05) is 11.6 Å². The molecule has 0 saturated heterocycles. The van der Waals surface area contributed by atoms with Crippen LogP contribution in [0.2, 0.25) is 5.02 Å². The molecule has 0 heterocycles. The lowest BCUT2D eigenvalue weighted by Gasteiger charge is -2.04. The zero-order valence-corrected chi connectivity index (χ0v) is 10.3. The van der Waals surface area contributed by atoms with Crippen molar-refractivity contribution in [2.24, 2.45) is 0 Å². The third kappa shape index (κ3) is 5.46. The van der Waals surface area contributed by atoms with E-state index in [9.17, 15) is 13.8 Å². The molecule has 0 aliphatic heterocycles. The highest BCUT2D eigenvalue weighted by molar-refractivity contribution is 7.86. The fraction of sp³-hybridized carbons (Fsp3) is 0.200. The molecule has 1 atom stereocenters. The molecule has 2 N–H and O–H groups in total. The molecule has 1 aromatic carbocycles. The molecule has 0 saturated carbocycles. The van der Waals surface area contributed by atoms with Gasteiger partial charge in [0.25, 0.3) is 0 Å². The Kier molecular flexibility index (Phi) is 5.11. The van der Waals surface area contributed by atoms with Gasteiger partial charge in [0.2, 0.25) is 5.91 Å². The number of halogens is 1. The molecule has 0 aliphatic carbocycles. The lowest BCUT2D eigenvalue weighted by atomic mass is 10.3. The zero-order chi connectivity index (χ0) is 12.8. The summed E-state index contributed by atoms with van der Waals surface area (Å²) in [5, 5.41) is 11.4. The van der Waals surface area contributed by atoms with Crippen molar-refractivity contribution in [3.63, 3.8) is 0 Å². The maximum absolute atomic E-state index is 11.4. The minimum absolute atomic E-state index is 0.338. The lowest BCUT2D eigenvalue weighted by Crippen LogP contribution is -2.23. The first-order valence-electron chi connectivity index (χ1n) is 4.59. The summed E-state index contributed by atoms with van der Waals surface area (Å²) in [6.45, 7) is 0. The van der Waals surface area contributed by atoms with Crippen molar-refractivity contribution in [3.8, 4) is 0 Å². The summed E-state index contributed by atoms with van der Waals surface area (Å²) in [5.41, 5.74) is 0.520. The van der Waals surface area contributed by atoms with Crippen LogP contribution in [0, 0.1) is 0 Å². The molecule has 0 spiro atoms. The molecule has 0 unspecified atom stereocenters. The van der Waals surface area contributed by atoms with Crippen LogP contribution >= 0.6 is 11.6 Å². The van der Waals surface area contributed by atoms with Crippen LogP contribution in [0.25, 0.3) is 0 Å². The highest BCUT2D eigenvalue weighted by atomic mass is 35.5. The molecular weight excluding hydrogens is 266 g/mol. The first-order chi connectivity index (χ1) is 7.97. The van der Waals surface area contributed by atoms with Gasteiger partial charge in [0.05, 0.1) is 0 Å². The van der Waals surface area contributed by atoms with E-state index in [1.165, 1.54) is 0 Å². The molecule has 1 amide bonds. The summed E-state index contributed by atoms with van der Waals surface area (Å²) in [6.07, 6.45) is 0. The predicted molar refractivity (Wildman–Crippen MR) is 65.6 cm³/mol. The Hall–Kier alpha value is -1.40. The van der Waals surface area contributed by atoms with E-state index in [0.29, 0.717) is 10.7 Å². The molecule has 92 valence electrons. The number of anilines is 1. The minimum atomic E-state index is -1.70. The molecule has 0 bridgehead atoms. The van der Waals surface area contributed by atoms with Crippen molar-refractivity contribution in [1.82, 2.24) is 0 Å². The third-order valence-corrected chi connectivity index (χ3v) is 3.11. The second kappa shape index (κ2) is 6.36. The summed E-state index contributed by atoms with van der Waals surface area (Å²) in [7, 11) is -1.70. The largest absolute Gasteiger partial charge is 0.481 e. The second-order valence-corrected chi connectivity index (χ2v) is 5.07. The van der Waals surface area contributed by atoms with Gasteiger partial charge in [-0.3, -0.25) is 13.8 Å². The van der Waals surface area contributed by atoms with Crippen molar-refractivity contribution < 1.29 is 18.9 Å². The van der Waals surface area contributed by atoms with Crippen LogP contribution in [-0.4, -0.2) is 32.7 Å². The number of rotatable bonds is 5. The summed E-state index contributed by atoms with van der Waals surface area (Å²) < 4.78 is 11.2. The molecule has 5 nitrogen and oxygen atoms in total. The molecule has 1 aromatic rings. The molecule has 0 fully saturated rings. The molecule has 0 radical (unpaired) electrons. The SMILES string of the molecule is O=C(O)C[S@@](=O)CC(=O)Nc1ccc(Cl)cc1. The summed E-state index contributed by atoms with van der Waals surface area (Å²) in [5.74, 6) is -2.56. The van der Waals surface area contributed by atoms with Crippen LogP contribution in [0.3, 0.4) is 0 Å². The van der Waals surface area contributed by atoms with E-state index in [1.807, 2.05) is 0 Å². The first kappa shape index (κ1) is 13.7. The topological polar surface area (TPSA) is 83.5 Å². The summed E-state index contributed by atoms with van der Waals surface area (Å²) in [6, 6.07) is 6.40. The average Bonchev–Trinajstić information content (AvgIpc) is 2.19. The van der Waals surface area contributed by atoms with Gasteiger partial charge in [0.15, 0.2) is 0 Å². The number of carbonyl (C=O) groups excluding carboxylic acids is 1. The molecule has 0 aliphatic rings. The number of carbonyl (C=O) groups is 2. The van der Waals surface area contributed by atoms with Gasteiger partial charge in [-0.05, 0) is 24.3 Å². The van der Waals surface area contributed by atoms with Gasteiger partial charge in [0.1, 0.15) is 11.5 Å². The van der Waals surface area contributed by atoms with Crippen molar-refractivity contribution >= 4 is 40.0 Å². The Bertz CT molecular complexity index is 446. The molecule has 1 rings (SSSR count). The van der Waals surface area contributed by atoms with Crippen LogP contribution in [0.15, 0.2) is 24.3 Å². The van der Waals surface area contributed by atoms with E-state index in [-0.39, 0.29) is 5.75 Å². The van der Waals surface area contributed by atoms with Gasteiger partial charge in [-0.25, -0.2) is 0 Å². The fourth-order valence-corrected chi connectivity index (χ4v) is 1.93. The van der Waals surface area contributed by atoms with Crippen molar-refractivity contribution in [1.29, 1.82) is 0 Å².